The van der Waals surface area contributed by atoms with Gasteiger partial charge in [-0.05, 0) is 43.2 Å². The Bertz CT molecular complexity index is 1110. The van der Waals surface area contributed by atoms with Gasteiger partial charge in [0, 0.05) is 15.7 Å². The third-order valence-electron chi connectivity index (χ3n) is 4.93. The lowest BCUT2D eigenvalue weighted by Gasteiger charge is -2.25. The summed E-state index contributed by atoms with van der Waals surface area (Å²) in [5.74, 6) is 0.481. The van der Waals surface area contributed by atoms with E-state index in [-0.39, 0.29) is 30.9 Å². The highest BCUT2D eigenvalue weighted by Crippen LogP contribution is 2.36. The van der Waals surface area contributed by atoms with Gasteiger partial charge in [-0.3, -0.25) is 14.9 Å². The number of amides is 2. The SMILES string of the molecule is Cc1cccc(C)c1NC(=O)COc1ccc(Br)cc1C1CC(=O)Nc2ncnn21. The van der Waals surface area contributed by atoms with Crippen LogP contribution in [0.1, 0.15) is 29.2 Å². The maximum atomic E-state index is 12.5. The normalized spacial score (nSPS) is 15.3. The number of nitrogens with zero attached hydrogens (tertiary/aromatic N) is 3. The summed E-state index contributed by atoms with van der Waals surface area (Å²) in [7, 11) is 0. The number of nitrogens with one attached hydrogen (secondary N) is 2. The van der Waals surface area contributed by atoms with Crippen LogP contribution in [0.4, 0.5) is 11.6 Å². The molecule has 8 nitrogen and oxygen atoms in total. The van der Waals surface area contributed by atoms with E-state index in [4.69, 9.17) is 4.74 Å². The first-order valence-electron chi connectivity index (χ1n) is 9.40. The maximum Gasteiger partial charge on any atom is 0.262 e. The zero-order chi connectivity index (χ0) is 21.3. The van der Waals surface area contributed by atoms with Crippen LogP contribution in [0.15, 0.2) is 47.2 Å². The van der Waals surface area contributed by atoms with Crippen LogP contribution in [0.3, 0.4) is 0 Å². The molecule has 1 aliphatic heterocycles. The molecule has 0 spiro atoms. The number of para-hydroxylation sites is 1. The van der Waals surface area contributed by atoms with Crippen molar-refractivity contribution in [3.63, 3.8) is 0 Å². The van der Waals surface area contributed by atoms with E-state index >= 15 is 0 Å². The molecular formula is C21H20BrN5O3. The van der Waals surface area contributed by atoms with Gasteiger partial charge in [0.25, 0.3) is 5.91 Å². The highest BCUT2D eigenvalue weighted by Gasteiger charge is 2.30. The van der Waals surface area contributed by atoms with Gasteiger partial charge in [0.2, 0.25) is 11.9 Å². The molecule has 1 unspecified atom stereocenters. The van der Waals surface area contributed by atoms with Crippen molar-refractivity contribution in [3.8, 4) is 5.75 Å². The highest BCUT2D eigenvalue weighted by atomic mass is 79.9. The number of benzene rings is 2. The minimum Gasteiger partial charge on any atom is -0.483 e. The van der Waals surface area contributed by atoms with E-state index < -0.39 is 0 Å². The number of aryl methyl sites for hydroxylation is 2. The summed E-state index contributed by atoms with van der Waals surface area (Å²) >= 11 is 3.47. The summed E-state index contributed by atoms with van der Waals surface area (Å²) in [5, 5.41) is 9.84. The van der Waals surface area contributed by atoms with Gasteiger partial charge in [0.1, 0.15) is 12.1 Å². The Morgan fingerprint density at radius 1 is 1.30 bits per heavy atom. The van der Waals surface area contributed by atoms with E-state index in [1.165, 1.54) is 6.33 Å². The average Bonchev–Trinajstić information content (AvgIpc) is 3.17. The van der Waals surface area contributed by atoms with Crippen LogP contribution in [-0.2, 0) is 9.59 Å². The van der Waals surface area contributed by atoms with Crippen LogP contribution in [-0.4, -0.2) is 33.2 Å². The molecule has 0 bridgehead atoms. The van der Waals surface area contributed by atoms with E-state index in [0.29, 0.717) is 11.7 Å². The Morgan fingerprint density at radius 2 is 2.07 bits per heavy atom. The Labute approximate surface area is 181 Å². The van der Waals surface area contributed by atoms with Gasteiger partial charge in [0.15, 0.2) is 6.61 Å². The third kappa shape index (κ3) is 4.06. The minimum absolute atomic E-state index is 0.154. The molecule has 1 atom stereocenters. The smallest absolute Gasteiger partial charge is 0.262 e. The van der Waals surface area contributed by atoms with Crippen LogP contribution >= 0.6 is 15.9 Å². The second kappa shape index (κ2) is 8.27. The maximum absolute atomic E-state index is 12.5. The lowest BCUT2D eigenvalue weighted by molar-refractivity contribution is -0.118. The predicted molar refractivity (Wildman–Crippen MR) is 116 cm³/mol. The van der Waals surface area contributed by atoms with Gasteiger partial charge in [-0.1, -0.05) is 34.1 Å². The molecule has 154 valence electrons. The topological polar surface area (TPSA) is 98.1 Å². The Balaban J connectivity index is 1.55. The van der Waals surface area contributed by atoms with Gasteiger partial charge in [0.05, 0.1) is 12.5 Å². The number of fused-ring (bicyclic) bond motifs is 1. The van der Waals surface area contributed by atoms with Crippen molar-refractivity contribution in [1.29, 1.82) is 0 Å². The van der Waals surface area contributed by atoms with Crippen LogP contribution in [0.2, 0.25) is 0 Å². The largest absolute Gasteiger partial charge is 0.483 e. The first-order valence-corrected chi connectivity index (χ1v) is 10.2. The fraction of sp³-hybridized carbons (Fsp3) is 0.238. The number of hydrogen-bond acceptors (Lipinski definition) is 5. The van der Waals surface area contributed by atoms with E-state index in [2.05, 4.69) is 36.6 Å². The van der Waals surface area contributed by atoms with Crippen molar-refractivity contribution in [2.45, 2.75) is 26.3 Å². The highest BCUT2D eigenvalue weighted by molar-refractivity contribution is 9.10. The van der Waals surface area contributed by atoms with E-state index in [1.807, 2.05) is 44.2 Å². The summed E-state index contributed by atoms with van der Waals surface area (Å²) in [6.07, 6.45) is 1.59. The number of carbonyl (C=O) groups excluding carboxylic acids is 2. The number of halogens is 1. The quantitative estimate of drug-likeness (QED) is 0.594. The summed E-state index contributed by atoms with van der Waals surface area (Å²) in [5.41, 5.74) is 3.50. The number of hydrogen-bond donors (Lipinski definition) is 2. The summed E-state index contributed by atoms with van der Waals surface area (Å²) in [6.45, 7) is 3.73. The molecule has 9 heteroatoms. The van der Waals surface area contributed by atoms with E-state index in [1.54, 1.807) is 10.7 Å². The molecule has 2 N–H and O–H groups in total. The van der Waals surface area contributed by atoms with Crippen molar-refractivity contribution in [2.24, 2.45) is 0 Å². The lowest BCUT2D eigenvalue weighted by atomic mass is 10.0. The number of carbonyl (C=O) groups is 2. The number of anilines is 2. The average molecular weight is 470 g/mol. The lowest BCUT2D eigenvalue weighted by Crippen LogP contribution is -2.30. The molecule has 0 aliphatic carbocycles. The standard InChI is InChI=1S/C21H20BrN5O3/c1-12-4-3-5-13(2)20(12)25-19(29)10-30-17-7-6-14(22)8-15(17)16-9-18(28)26-21-23-11-24-27(16)21/h3-8,11,16H,9-10H2,1-2H3,(H,25,29)(H,23,24,26,28). The second-order valence-electron chi connectivity index (χ2n) is 7.08. The molecule has 1 aliphatic rings. The molecule has 0 fully saturated rings. The molecule has 3 aromatic rings. The molecule has 0 radical (unpaired) electrons. The fourth-order valence-electron chi connectivity index (χ4n) is 3.49. The zero-order valence-corrected chi connectivity index (χ0v) is 18.1. The molecule has 30 heavy (non-hydrogen) atoms. The van der Waals surface area contributed by atoms with Crippen LogP contribution in [0.5, 0.6) is 5.75 Å². The molecule has 0 saturated heterocycles. The zero-order valence-electron chi connectivity index (χ0n) is 16.5. The molecule has 2 aromatic carbocycles. The van der Waals surface area contributed by atoms with Crippen molar-refractivity contribution in [2.75, 3.05) is 17.2 Å². The predicted octanol–water partition coefficient (Wildman–Crippen LogP) is 3.61. The molecule has 2 amide bonds. The Hall–Kier alpha value is -3.20. The molecular weight excluding hydrogens is 450 g/mol. The molecule has 0 saturated carbocycles. The van der Waals surface area contributed by atoms with Gasteiger partial charge in [-0.25, -0.2) is 4.68 Å². The number of aromatic nitrogens is 3. The number of ether oxygens (including phenoxy) is 1. The van der Waals surface area contributed by atoms with Crippen LogP contribution in [0.25, 0.3) is 0 Å². The van der Waals surface area contributed by atoms with Gasteiger partial charge in [-0.2, -0.15) is 10.1 Å². The molecule has 4 rings (SSSR count). The van der Waals surface area contributed by atoms with Crippen LogP contribution in [0, 0.1) is 13.8 Å². The Kier molecular flexibility index (Phi) is 5.54. The molecule has 2 heterocycles. The summed E-state index contributed by atoms with van der Waals surface area (Å²) < 4.78 is 8.34. The number of rotatable bonds is 5. The van der Waals surface area contributed by atoms with Gasteiger partial charge < -0.3 is 10.1 Å². The first-order chi connectivity index (χ1) is 14.4. The third-order valence-corrected chi connectivity index (χ3v) is 5.43. The minimum atomic E-state index is -0.384. The monoisotopic (exact) mass is 469 g/mol. The summed E-state index contributed by atoms with van der Waals surface area (Å²) in [4.78, 5) is 28.7. The molecule has 1 aromatic heterocycles. The van der Waals surface area contributed by atoms with Crippen molar-refractivity contribution in [3.05, 3.63) is 63.9 Å². The van der Waals surface area contributed by atoms with Crippen molar-refractivity contribution >= 4 is 39.4 Å². The fourth-order valence-corrected chi connectivity index (χ4v) is 3.87. The van der Waals surface area contributed by atoms with E-state index in [9.17, 15) is 9.59 Å². The van der Waals surface area contributed by atoms with Gasteiger partial charge in [-0.15, -0.1) is 0 Å². The van der Waals surface area contributed by atoms with E-state index in [0.717, 1.165) is 26.9 Å². The van der Waals surface area contributed by atoms with Crippen molar-refractivity contribution in [1.82, 2.24) is 14.8 Å². The van der Waals surface area contributed by atoms with Crippen LogP contribution < -0.4 is 15.4 Å². The second-order valence-corrected chi connectivity index (χ2v) is 8.00. The Morgan fingerprint density at radius 3 is 2.83 bits per heavy atom. The summed E-state index contributed by atoms with van der Waals surface area (Å²) in [6, 6.07) is 10.9. The van der Waals surface area contributed by atoms with Crippen molar-refractivity contribution < 1.29 is 14.3 Å². The first kappa shape index (κ1) is 20.1. The van der Waals surface area contributed by atoms with Gasteiger partial charge >= 0.3 is 0 Å².